The van der Waals surface area contributed by atoms with Gasteiger partial charge in [-0.3, -0.25) is 0 Å². The van der Waals surface area contributed by atoms with Gasteiger partial charge in [-0.15, -0.1) is 0 Å². The lowest BCUT2D eigenvalue weighted by atomic mass is 10.4. The minimum atomic E-state index is -3.37. The highest BCUT2D eigenvalue weighted by molar-refractivity contribution is 7.87. The Morgan fingerprint density at radius 2 is 2.00 bits per heavy atom. The highest BCUT2D eigenvalue weighted by Gasteiger charge is 2.05. The average Bonchev–Trinajstić information content (AvgIpc) is 2.15. The van der Waals surface area contributed by atoms with E-state index in [0.717, 1.165) is 6.42 Å². The van der Waals surface area contributed by atoms with Gasteiger partial charge in [-0.25, -0.2) is 9.44 Å². The van der Waals surface area contributed by atoms with E-state index in [9.17, 15) is 8.42 Å². The highest BCUT2D eigenvalue weighted by Crippen LogP contribution is 1.83. The SMILES string of the molecule is CCCNS(=O)(=O)NCCCN=[N+]=[N-]. The maximum absolute atomic E-state index is 11.1. The predicted molar refractivity (Wildman–Crippen MR) is 53.8 cm³/mol. The highest BCUT2D eigenvalue weighted by atomic mass is 32.2. The molecule has 2 N–H and O–H groups in total. The van der Waals surface area contributed by atoms with E-state index in [2.05, 4.69) is 19.5 Å². The van der Waals surface area contributed by atoms with Gasteiger partial charge in [-0.05, 0) is 18.4 Å². The molecule has 0 spiro atoms. The molecule has 0 aromatic rings. The molecular weight excluding hydrogens is 206 g/mol. The van der Waals surface area contributed by atoms with Crippen molar-refractivity contribution in [1.29, 1.82) is 0 Å². The molecule has 0 rings (SSSR count). The van der Waals surface area contributed by atoms with Crippen molar-refractivity contribution in [1.82, 2.24) is 9.44 Å². The Bertz CT molecular complexity index is 283. The average molecular weight is 221 g/mol. The predicted octanol–water partition coefficient (Wildman–Crippen LogP) is 0.521. The van der Waals surface area contributed by atoms with Crippen LogP contribution in [0, 0.1) is 0 Å². The van der Waals surface area contributed by atoms with Crippen molar-refractivity contribution in [2.24, 2.45) is 5.11 Å². The van der Waals surface area contributed by atoms with Crippen LogP contribution in [0.3, 0.4) is 0 Å². The summed E-state index contributed by atoms with van der Waals surface area (Å²) in [6.07, 6.45) is 1.25. The summed E-state index contributed by atoms with van der Waals surface area (Å²) in [4.78, 5) is 2.55. The Labute approximate surface area is 83.7 Å². The van der Waals surface area contributed by atoms with Crippen LogP contribution < -0.4 is 9.44 Å². The molecule has 0 aliphatic heterocycles. The van der Waals surface area contributed by atoms with Crippen LogP contribution in [0.1, 0.15) is 19.8 Å². The molecule has 0 aliphatic carbocycles. The van der Waals surface area contributed by atoms with E-state index in [-0.39, 0.29) is 6.54 Å². The van der Waals surface area contributed by atoms with Crippen LogP contribution in [0.2, 0.25) is 0 Å². The molecule has 7 nitrogen and oxygen atoms in total. The van der Waals surface area contributed by atoms with Gasteiger partial charge in [-0.2, -0.15) is 8.42 Å². The van der Waals surface area contributed by atoms with E-state index in [1.54, 1.807) is 0 Å². The monoisotopic (exact) mass is 221 g/mol. The van der Waals surface area contributed by atoms with Crippen molar-refractivity contribution < 1.29 is 8.42 Å². The zero-order valence-corrected chi connectivity index (χ0v) is 8.92. The summed E-state index contributed by atoms with van der Waals surface area (Å²) in [6.45, 7) is 2.88. The summed E-state index contributed by atoms with van der Waals surface area (Å²) >= 11 is 0. The Hall–Kier alpha value is -0.820. The van der Waals surface area contributed by atoms with Crippen molar-refractivity contribution in [3.8, 4) is 0 Å². The van der Waals surface area contributed by atoms with Gasteiger partial charge in [0.2, 0.25) is 0 Å². The first kappa shape index (κ1) is 13.2. The Morgan fingerprint density at radius 1 is 1.36 bits per heavy atom. The molecule has 0 heterocycles. The molecule has 0 amide bonds. The molecule has 0 saturated heterocycles. The summed E-state index contributed by atoms with van der Waals surface area (Å²) in [5.41, 5.74) is 7.95. The van der Waals surface area contributed by atoms with Crippen LogP contribution in [0.25, 0.3) is 10.4 Å². The summed E-state index contributed by atoms with van der Waals surface area (Å²) in [7, 11) is -3.37. The fraction of sp³-hybridized carbons (Fsp3) is 1.00. The Balaban J connectivity index is 3.60. The van der Waals surface area contributed by atoms with Gasteiger partial charge in [-0.1, -0.05) is 12.0 Å². The maximum atomic E-state index is 11.1. The van der Waals surface area contributed by atoms with Crippen LogP contribution in [-0.4, -0.2) is 28.1 Å². The van der Waals surface area contributed by atoms with Crippen LogP contribution in [0.15, 0.2) is 5.11 Å². The second-order valence-corrected chi connectivity index (χ2v) is 4.18. The van der Waals surface area contributed by atoms with E-state index in [1.165, 1.54) is 0 Å². The summed E-state index contributed by atoms with van der Waals surface area (Å²) in [5, 5.41) is 3.28. The molecule has 0 aromatic heterocycles. The molecule has 0 saturated carbocycles. The fourth-order valence-corrected chi connectivity index (χ4v) is 1.68. The zero-order valence-electron chi connectivity index (χ0n) is 8.10. The topological polar surface area (TPSA) is 107 Å². The first-order valence-corrected chi connectivity index (χ1v) is 5.86. The lowest BCUT2D eigenvalue weighted by molar-refractivity contribution is 0.564. The molecule has 14 heavy (non-hydrogen) atoms. The Morgan fingerprint density at radius 3 is 2.57 bits per heavy atom. The zero-order chi connectivity index (χ0) is 10.9. The molecular formula is C6H15N5O2S. The third-order valence-electron chi connectivity index (χ3n) is 1.33. The van der Waals surface area contributed by atoms with Crippen molar-refractivity contribution in [2.75, 3.05) is 19.6 Å². The number of hydrogen-bond donors (Lipinski definition) is 2. The molecule has 82 valence electrons. The third kappa shape index (κ3) is 7.81. The second-order valence-electron chi connectivity index (χ2n) is 2.60. The van der Waals surface area contributed by atoms with Gasteiger partial charge in [0.15, 0.2) is 0 Å². The first-order chi connectivity index (χ1) is 6.62. The van der Waals surface area contributed by atoms with Crippen molar-refractivity contribution in [3.05, 3.63) is 10.4 Å². The van der Waals surface area contributed by atoms with Gasteiger partial charge in [0.1, 0.15) is 0 Å². The number of rotatable bonds is 8. The van der Waals surface area contributed by atoms with Crippen LogP contribution in [0.4, 0.5) is 0 Å². The van der Waals surface area contributed by atoms with Gasteiger partial charge in [0, 0.05) is 24.5 Å². The van der Waals surface area contributed by atoms with E-state index in [0.29, 0.717) is 19.5 Å². The standard InChI is InChI=1S/C6H15N5O2S/c1-2-4-9-14(12,13)10-6-3-5-8-11-7/h9-10H,2-6H2,1H3. The van der Waals surface area contributed by atoms with E-state index < -0.39 is 10.2 Å². The minimum Gasteiger partial charge on any atom is -0.202 e. The van der Waals surface area contributed by atoms with Crippen LogP contribution in [0.5, 0.6) is 0 Å². The largest absolute Gasteiger partial charge is 0.276 e. The molecule has 0 aliphatic rings. The number of nitrogens with one attached hydrogen (secondary N) is 2. The van der Waals surface area contributed by atoms with E-state index >= 15 is 0 Å². The molecule has 0 aromatic carbocycles. The van der Waals surface area contributed by atoms with Crippen LogP contribution >= 0.6 is 0 Å². The minimum absolute atomic E-state index is 0.276. The van der Waals surface area contributed by atoms with Gasteiger partial charge in [0.25, 0.3) is 10.2 Å². The fourth-order valence-electron chi connectivity index (χ4n) is 0.688. The van der Waals surface area contributed by atoms with Crippen molar-refractivity contribution in [3.63, 3.8) is 0 Å². The number of azide groups is 1. The lowest BCUT2D eigenvalue weighted by Crippen LogP contribution is -2.37. The summed E-state index contributed by atoms with van der Waals surface area (Å²) < 4.78 is 26.9. The molecule has 0 atom stereocenters. The quantitative estimate of drug-likeness (QED) is 0.270. The normalized spacial score (nSPS) is 10.9. The number of nitrogens with zero attached hydrogens (tertiary/aromatic N) is 3. The molecule has 0 bridgehead atoms. The number of hydrogen-bond acceptors (Lipinski definition) is 3. The van der Waals surface area contributed by atoms with Gasteiger partial charge in [0.05, 0.1) is 0 Å². The van der Waals surface area contributed by atoms with Crippen molar-refractivity contribution in [2.45, 2.75) is 19.8 Å². The second kappa shape index (κ2) is 7.57. The summed E-state index contributed by atoms with van der Waals surface area (Å²) in [6, 6.07) is 0. The van der Waals surface area contributed by atoms with E-state index in [1.807, 2.05) is 6.92 Å². The molecule has 8 heteroatoms. The Kier molecular flexibility index (Phi) is 7.13. The molecule has 0 fully saturated rings. The van der Waals surface area contributed by atoms with Gasteiger partial charge < -0.3 is 0 Å². The summed E-state index contributed by atoms with van der Waals surface area (Å²) in [5.74, 6) is 0. The van der Waals surface area contributed by atoms with Crippen LogP contribution in [-0.2, 0) is 10.2 Å². The smallest absolute Gasteiger partial charge is 0.202 e. The first-order valence-electron chi connectivity index (χ1n) is 4.37. The molecule has 0 radical (unpaired) electrons. The van der Waals surface area contributed by atoms with Crippen molar-refractivity contribution >= 4 is 10.2 Å². The maximum Gasteiger partial charge on any atom is 0.276 e. The third-order valence-corrected chi connectivity index (χ3v) is 2.50. The molecule has 0 unspecified atom stereocenters. The lowest BCUT2D eigenvalue weighted by Gasteiger charge is -2.05. The van der Waals surface area contributed by atoms with E-state index in [4.69, 9.17) is 5.53 Å². The van der Waals surface area contributed by atoms with Gasteiger partial charge >= 0.3 is 0 Å².